The number of aliphatic hydroxyl groups excluding tert-OH is 1. The minimum Gasteiger partial charge on any atom is -0.391 e. The lowest BCUT2D eigenvalue weighted by atomic mass is 9.82. The van der Waals surface area contributed by atoms with Gasteiger partial charge in [0.2, 0.25) is 5.95 Å². The largest absolute Gasteiger partial charge is 0.391 e. The standard InChI is InChI=1S/C22H24F3N5O2/c1-3-13-17-15(11-5-4-6-12(18(11)23)19(24)25)16(10-7-8-27-9-14(10)31)21(32)30(2)20(17)29-22(26)28-13/h4-6,10,14,19,27,31H,3,7-9H2,1-2H3,(H2,26,28,29). The van der Waals surface area contributed by atoms with Gasteiger partial charge >= 0.3 is 0 Å². The highest BCUT2D eigenvalue weighted by Gasteiger charge is 2.33. The first-order valence-corrected chi connectivity index (χ1v) is 10.4. The number of β-amino-alcohol motifs (C(OH)–C–C–N with tert-alkyl or cyclic N) is 1. The van der Waals surface area contributed by atoms with Gasteiger partial charge in [-0.3, -0.25) is 9.36 Å². The number of piperidine rings is 1. The number of aryl methyl sites for hydroxylation is 2. The molecule has 2 unspecified atom stereocenters. The van der Waals surface area contributed by atoms with E-state index in [1.807, 2.05) is 6.92 Å². The molecule has 7 nitrogen and oxygen atoms in total. The van der Waals surface area contributed by atoms with Crippen molar-refractivity contribution in [2.45, 2.75) is 38.2 Å². The average molecular weight is 447 g/mol. The molecule has 0 bridgehead atoms. The van der Waals surface area contributed by atoms with Crippen LogP contribution in [0.3, 0.4) is 0 Å². The van der Waals surface area contributed by atoms with Crippen molar-refractivity contribution in [1.82, 2.24) is 19.9 Å². The number of fused-ring (bicyclic) bond motifs is 1. The van der Waals surface area contributed by atoms with E-state index in [0.717, 1.165) is 6.07 Å². The Morgan fingerprint density at radius 2 is 2.09 bits per heavy atom. The minimum absolute atomic E-state index is 0.0493. The maximum atomic E-state index is 15.4. The molecule has 0 amide bonds. The molecule has 0 spiro atoms. The summed E-state index contributed by atoms with van der Waals surface area (Å²) >= 11 is 0. The Kier molecular flexibility index (Phi) is 5.91. The number of anilines is 1. The van der Waals surface area contributed by atoms with E-state index in [4.69, 9.17) is 5.73 Å². The first-order chi connectivity index (χ1) is 15.3. The molecular weight excluding hydrogens is 423 g/mol. The topological polar surface area (TPSA) is 106 Å². The Labute approximate surface area is 182 Å². The molecule has 0 saturated carbocycles. The van der Waals surface area contributed by atoms with Crippen molar-refractivity contribution >= 4 is 17.0 Å². The van der Waals surface area contributed by atoms with E-state index < -0.39 is 35.4 Å². The van der Waals surface area contributed by atoms with Gasteiger partial charge < -0.3 is 16.2 Å². The van der Waals surface area contributed by atoms with Crippen molar-refractivity contribution in [3.8, 4) is 11.1 Å². The Morgan fingerprint density at radius 3 is 2.75 bits per heavy atom. The van der Waals surface area contributed by atoms with Gasteiger partial charge in [-0.1, -0.05) is 25.1 Å². The van der Waals surface area contributed by atoms with Crippen molar-refractivity contribution in [2.24, 2.45) is 7.05 Å². The molecule has 1 saturated heterocycles. The molecule has 0 aliphatic carbocycles. The fourth-order valence-corrected chi connectivity index (χ4v) is 4.50. The molecule has 1 fully saturated rings. The van der Waals surface area contributed by atoms with Crippen LogP contribution in [-0.4, -0.2) is 38.8 Å². The van der Waals surface area contributed by atoms with Crippen LogP contribution in [0.2, 0.25) is 0 Å². The molecular formula is C22H24F3N5O2. The Hall–Kier alpha value is -2.98. The highest BCUT2D eigenvalue weighted by Crippen LogP contribution is 2.40. The van der Waals surface area contributed by atoms with E-state index in [1.54, 1.807) is 0 Å². The molecule has 2 aromatic heterocycles. The van der Waals surface area contributed by atoms with Gasteiger partial charge in [0.15, 0.2) is 0 Å². The average Bonchev–Trinajstić information content (AvgIpc) is 2.76. The third kappa shape index (κ3) is 3.53. The summed E-state index contributed by atoms with van der Waals surface area (Å²) in [4.78, 5) is 22.0. The van der Waals surface area contributed by atoms with E-state index in [9.17, 15) is 18.7 Å². The second-order valence-corrected chi connectivity index (χ2v) is 7.91. The van der Waals surface area contributed by atoms with Gasteiger partial charge in [-0.05, 0) is 19.4 Å². The van der Waals surface area contributed by atoms with Gasteiger partial charge in [0.25, 0.3) is 12.0 Å². The molecule has 4 N–H and O–H groups in total. The van der Waals surface area contributed by atoms with E-state index in [0.29, 0.717) is 30.5 Å². The minimum atomic E-state index is -3.03. The van der Waals surface area contributed by atoms with Crippen molar-refractivity contribution in [3.05, 3.63) is 51.2 Å². The SMILES string of the molecule is CCc1nc(N)nc2c1c(-c1cccc(C(F)F)c1F)c(C1CCNCC1O)c(=O)n2C. The van der Waals surface area contributed by atoms with Crippen molar-refractivity contribution in [3.63, 3.8) is 0 Å². The molecule has 170 valence electrons. The van der Waals surface area contributed by atoms with Gasteiger partial charge in [0, 0.05) is 41.6 Å². The van der Waals surface area contributed by atoms with Crippen LogP contribution in [0.25, 0.3) is 22.2 Å². The molecule has 32 heavy (non-hydrogen) atoms. The molecule has 10 heteroatoms. The predicted molar refractivity (Wildman–Crippen MR) is 115 cm³/mol. The maximum absolute atomic E-state index is 15.4. The Bertz CT molecular complexity index is 1240. The number of halogens is 3. The number of rotatable bonds is 4. The number of pyridine rings is 1. The van der Waals surface area contributed by atoms with Gasteiger partial charge in [-0.25, -0.2) is 18.2 Å². The number of nitrogens with two attached hydrogens (primary N) is 1. The van der Waals surface area contributed by atoms with Crippen LogP contribution in [0.1, 0.15) is 42.5 Å². The summed E-state index contributed by atoms with van der Waals surface area (Å²) < 4.78 is 43.7. The fourth-order valence-electron chi connectivity index (χ4n) is 4.50. The van der Waals surface area contributed by atoms with Gasteiger partial charge in [-0.15, -0.1) is 0 Å². The second-order valence-electron chi connectivity index (χ2n) is 7.91. The first kappa shape index (κ1) is 22.2. The first-order valence-electron chi connectivity index (χ1n) is 10.4. The number of benzene rings is 1. The Balaban J connectivity index is 2.21. The summed E-state index contributed by atoms with van der Waals surface area (Å²) in [6.07, 6.45) is -3.13. The zero-order valence-electron chi connectivity index (χ0n) is 17.7. The van der Waals surface area contributed by atoms with E-state index >= 15 is 4.39 Å². The van der Waals surface area contributed by atoms with Crippen LogP contribution in [0.15, 0.2) is 23.0 Å². The molecule has 1 aliphatic rings. The molecule has 3 aromatic rings. The Morgan fingerprint density at radius 1 is 1.34 bits per heavy atom. The number of hydrogen-bond donors (Lipinski definition) is 3. The smallest absolute Gasteiger partial charge is 0.266 e. The summed E-state index contributed by atoms with van der Waals surface area (Å²) in [5.41, 5.74) is 5.41. The van der Waals surface area contributed by atoms with E-state index in [-0.39, 0.29) is 34.8 Å². The molecule has 2 atom stereocenters. The maximum Gasteiger partial charge on any atom is 0.266 e. The van der Waals surface area contributed by atoms with E-state index in [2.05, 4.69) is 15.3 Å². The quantitative estimate of drug-likeness (QED) is 0.568. The summed E-state index contributed by atoms with van der Waals surface area (Å²) in [7, 11) is 1.52. The summed E-state index contributed by atoms with van der Waals surface area (Å²) in [5.74, 6) is -1.78. The number of alkyl halides is 2. The highest BCUT2D eigenvalue weighted by atomic mass is 19.3. The fraction of sp³-hybridized carbons (Fsp3) is 0.409. The lowest BCUT2D eigenvalue weighted by molar-refractivity contribution is 0.118. The number of nitrogen functional groups attached to an aromatic ring is 1. The van der Waals surface area contributed by atoms with Crippen LogP contribution >= 0.6 is 0 Å². The van der Waals surface area contributed by atoms with Crippen molar-refractivity contribution < 1.29 is 18.3 Å². The lowest BCUT2D eigenvalue weighted by Gasteiger charge is -2.31. The molecule has 0 radical (unpaired) electrons. The van der Waals surface area contributed by atoms with Crippen LogP contribution in [0.4, 0.5) is 19.1 Å². The zero-order valence-corrected chi connectivity index (χ0v) is 17.7. The summed E-state index contributed by atoms with van der Waals surface area (Å²) in [6.45, 7) is 2.62. The van der Waals surface area contributed by atoms with Crippen molar-refractivity contribution in [2.75, 3.05) is 18.8 Å². The number of aliphatic hydroxyl groups is 1. The van der Waals surface area contributed by atoms with Crippen molar-refractivity contribution in [1.29, 1.82) is 0 Å². The van der Waals surface area contributed by atoms with Crippen LogP contribution in [-0.2, 0) is 13.5 Å². The zero-order chi connectivity index (χ0) is 23.2. The number of nitrogens with zero attached hydrogens (tertiary/aromatic N) is 3. The second kappa shape index (κ2) is 8.51. The lowest BCUT2D eigenvalue weighted by Crippen LogP contribution is -2.42. The molecule has 1 aromatic carbocycles. The summed E-state index contributed by atoms with van der Waals surface area (Å²) in [6, 6.07) is 3.71. The normalized spacial score (nSPS) is 19.1. The number of aromatic nitrogens is 3. The predicted octanol–water partition coefficient (Wildman–Crippen LogP) is 2.65. The third-order valence-electron chi connectivity index (χ3n) is 6.04. The van der Waals surface area contributed by atoms with Crippen LogP contribution in [0.5, 0.6) is 0 Å². The molecule has 3 heterocycles. The van der Waals surface area contributed by atoms with Crippen LogP contribution < -0.4 is 16.6 Å². The molecule has 1 aliphatic heterocycles. The van der Waals surface area contributed by atoms with Gasteiger partial charge in [0.05, 0.1) is 17.4 Å². The monoisotopic (exact) mass is 447 g/mol. The number of nitrogens with one attached hydrogen (secondary N) is 1. The highest BCUT2D eigenvalue weighted by molar-refractivity contribution is 5.97. The summed E-state index contributed by atoms with van der Waals surface area (Å²) in [5, 5.41) is 14.1. The van der Waals surface area contributed by atoms with E-state index in [1.165, 1.54) is 23.7 Å². The third-order valence-corrected chi connectivity index (χ3v) is 6.04. The van der Waals surface area contributed by atoms with Crippen LogP contribution in [0, 0.1) is 5.82 Å². The molecule has 4 rings (SSSR count). The number of hydrogen-bond acceptors (Lipinski definition) is 6. The van der Waals surface area contributed by atoms with Gasteiger partial charge in [0.1, 0.15) is 11.5 Å². The van der Waals surface area contributed by atoms with Gasteiger partial charge in [-0.2, -0.15) is 4.98 Å².